The maximum Gasteiger partial charge on any atom is 0.255 e. The van der Waals surface area contributed by atoms with E-state index in [9.17, 15) is 8.42 Å². The summed E-state index contributed by atoms with van der Waals surface area (Å²) in [6, 6.07) is 21.9. The van der Waals surface area contributed by atoms with Gasteiger partial charge in [-0.1, -0.05) is 63.9 Å². The molecule has 0 spiro atoms. The van der Waals surface area contributed by atoms with Crippen molar-refractivity contribution in [1.82, 2.24) is 16.1 Å². The third-order valence-electron chi connectivity index (χ3n) is 4.44. The van der Waals surface area contributed by atoms with Gasteiger partial charge in [-0.3, -0.25) is 10.1 Å². The van der Waals surface area contributed by atoms with Crippen LogP contribution in [-0.2, 0) is 16.6 Å². The number of hydrazone groups is 1. The molecule has 0 aliphatic carbocycles. The normalized spacial score (nSPS) is 14.1. The minimum atomic E-state index is -3.69. The average Bonchev–Trinajstić information content (AvgIpc) is 3.21. The van der Waals surface area contributed by atoms with Gasteiger partial charge in [0, 0.05) is 20.7 Å². The van der Waals surface area contributed by atoms with E-state index in [-0.39, 0.29) is 0 Å². The Labute approximate surface area is 199 Å². The second kappa shape index (κ2) is 9.74. The Morgan fingerprint density at radius 2 is 1.88 bits per heavy atom. The third kappa shape index (κ3) is 6.10. The van der Waals surface area contributed by atoms with Gasteiger partial charge < -0.3 is 0 Å². The molecule has 0 saturated carbocycles. The molecule has 10 heteroatoms. The number of hydrogen-bond acceptors (Lipinski definition) is 6. The Morgan fingerprint density at radius 1 is 1.06 bits per heavy atom. The van der Waals surface area contributed by atoms with Gasteiger partial charge in [0.2, 0.25) is 0 Å². The summed E-state index contributed by atoms with van der Waals surface area (Å²) in [7, 11) is -3.69. The summed E-state index contributed by atoms with van der Waals surface area (Å²) in [6.45, 7) is 0.528. The van der Waals surface area contributed by atoms with Crippen LogP contribution in [0.3, 0.4) is 0 Å². The predicted octanol–water partition coefficient (Wildman–Crippen LogP) is 4.70. The van der Waals surface area contributed by atoms with E-state index in [4.69, 9.17) is 11.6 Å². The lowest BCUT2D eigenvalue weighted by molar-refractivity contribution is 0.170. The number of hydrazine groups is 2. The summed E-state index contributed by atoms with van der Waals surface area (Å²) in [5.74, 6) is 0.567. The monoisotopic (exact) mass is 531 g/mol. The molecule has 0 saturated heterocycles. The number of halogens is 2. The van der Waals surface area contributed by atoms with Crippen LogP contribution in [0.1, 0.15) is 16.7 Å². The molecular weight excluding hydrogens is 514 g/mol. The highest BCUT2D eigenvalue weighted by atomic mass is 79.9. The van der Waals surface area contributed by atoms with E-state index in [1.165, 1.54) is 6.08 Å². The van der Waals surface area contributed by atoms with Crippen molar-refractivity contribution < 1.29 is 8.42 Å². The van der Waals surface area contributed by atoms with Crippen LogP contribution in [0.5, 0.6) is 0 Å². The molecule has 4 rings (SSSR count). The number of anilines is 1. The van der Waals surface area contributed by atoms with E-state index >= 15 is 0 Å². The van der Waals surface area contributed by atoms with Crippen molar-refractivity contribution in [1.29, 1.82) is 0 Å². The fourth-order valence-corrected chi connectivity index (χ4v) is 4.51. The second-order valence-electron chi connectivity index (χ2n) is 6.97. The Hall–Kier alpha value is -2.85. The Balaban J connectivity index is 1.41. The number of nitrogens with zero attached hydrogens (tertiary/aromatic N) is 2. The highest BCUT2D eigenvalue weighted by Gasteiger charge is 2.17. The van der Waals surface area contributed by atoms with Gasteiger partial charge in [0.05, 0.1) is 12.0 Å². The number of benzene rings is 3. The quantitative estimate of drug-likeness (QED) is 0.411. The fourth-order valence-electron chi connectivity index (χ4n) is 3.02. The van der Waals surface area contributed by atoms with Crippen LogP contribution in [0.15, 0.2) is 87.8 Å². The van der Waals surface area contributed by atoms with Crippen LogP contribution in [0, 0.1) is 0 Å². The summed E-state index contributed by atoms with van der Waals surface area (Å²) in [6.07, 6.45) is 1.54. The molecule has 0 atom stereocenters. The van der Waals surface area contributed by atoms with Crippen molar-refractivity contribution in [2.75, 3.05) is 4.72 Å². The average molecular weight is 533 g/mol. The first-order valence-electron chi connectivity index (χ1n) is 9.55. The summed E-state index contributed by atoms with van der Waals surface area (Å²) in [5, 5.41) is 7.79. The minimum absolute atomic E-state index is 0.430. The first kappa shape index (κ1) is 22.3. The molecule has 1 aliphatic rings. The molecule has 32 heavy (non-hydrogen) atoms. The summed E-state index contributed by atoms with van der Waals surface area (Å²) in [4.78, 5) is 0. The molecule has 0 aromatic heterocycles. The number of rotatable bonds is 7. The van der Waals surface area contributed by atoms with E-state index in [0.717, 1.165) is 26.6 Å². The molecule has 7 nitrogen and oxygen atoms in total. The van der Waals surface area contributed by atoms with Crippen LogP contribution in [0.2, 0.25) is 5.02 Å². The number of nitrogens with one attached hydrogen (secondary N) is 3. The van der Waals surface area contributed by atoms with Crippen molar-refractivity contribution in [2.24, 2.45) is 5.10 Å². The molecule has 0 unspecified atom stereocenters. The summed E-state index contributed by atoms with van der Waals surface area (Å²) >= 11 is 9.41. The molecule has 3 N–H and O–H groups in total. The molecule has 1 aliphatic heterocycles. The molecule has 3 aromatic rings. The van der Waals surface area contributed by atoms with Gasteiger partial charge in [-0.15, -0.1) is 10.2 Å². The lowest BCUT2D eigenvalue weighted by Crippen LogP contribution is -2.40. The summed E-state index contributed by atoms with van der Waals surface area (Å²) < 4.78 is 28.4. The van der Waals surface area contributed by atoms with Crippen LogP contribution >= 0.6 is 27.5 Å². The molecule has 0 radical (unpaired) electrons. The van der Waals surface area contributed by atoms with Crippen LogP contribution in [-0.4, -0.2) is 19.4 Å². The highest BCUT2D eigenvalue weighted by Crippen LogP contribution is 2.17. The zero-order valence-electron chi connectivity index (χ0n) is 16.7. The summed E-state index contributed by atoms with van der Waals surface area (Å²) in [5.41, 5.74) is 8.98. The Kier molecular flexibility index (Phi) is 6.80. The third-order valence-corrected chi connectivity index (χ3v) is 6.18. The van der Waals surface area contributed by atoms with E-state index in [2.05, 4.69) is 36.7 Å². The highest BCUT2D eigenvalue weighted by molar-refractivity contribution is 9.10. The van der Waals surface area contributed by atoms with Gasteiger partial charge in [0.15, 0.2) is 5.84 Å². The fraction of sp³-hybridized carbons (Fsp3) is 0.0455. The van der Waals surface area contributed by atoms with Crippen molar-refractivity contribution in [2.45, 2.75) is 6.54 Å². The maximum atomic E-state index is 12.5. The van der Waals surface area contributed by atoms with Gasteiger partial charge >= 0.3 is 0 Å². The number of hydrogen-bond donors (Lipinski definition) is 3. The van der Waals surface area contributed by atoms with Crippen molar-refractivity contribution >= 4 is 55.2 Å². The Bertz CT molecular complexity index is 1300. The first-order chi connectivity index (χ1) is 15.4. The van der Waals surface area contributed by atoms with Gasteiger partial charge in [-0.2, -0.15) is 0 Å². The topological polar surface area (TPSA) is 85.8 Å². The standard InChI is InChI=1S/C22H19BrClN5O2S/c23-19-7-1-4-16(12-19)10-11-32(30,31)27-21-9-3-6-18(14-21)22-25-28-29(26-22)15-17-5-2-8-20(24)13-17/h1-14,27-28H,15H2,(H,25,26). The van der Waals surface area contributed by atoms with E-state index in [1.54, 1.807) is 23.3 Å². The van der Waals surface area contributed by atoms with E-state index in [0.29, 0.717) is 23.1 Å². The van der Waals surface area contributed by atoms with Crippen LogP contribution in [0.4, 0.5) is 5.69 Å². The first-order valence-corrected chi connectivity index (χ1v) is 12.3. The zero-order chi connectivity index (χ0) is 22.6. The van der Waals surface area contributed by atoms with Crippen LogP contribution < -0.4 is 15.7 Å². The molecule has 164 valence electrons. The maximum absolute atomic E-state index is 12.5. The molecule has 1 heterocycles. The van der Waals surface area contributed by atoms with Gasteiger partial charge in [-0.05, 0) is 53.6 Å². The Morgan fingerprint density at radius 3 is 2.69 bits per heavy atom. The smallest absolute Gasteiger partial charge is 0.255 e. The second-order valence-corrected chi connectivity index (χ2v) is 9.89. The lowest BCUT2D eigenvalue weighted by Gasteiger charge is -2.16. The molecule has 0 bridgehead atoms. The molecule has 0 amide bonds. The lowest BCUT2D eigenvalue weighted by atomic mass is 10.2. The van der Waals surface area contributed by atoms with E-state index in [1.807, 2.05) is 54.6 Å². The van der Waals surface area contributed by atoms with Crippen molar-refractivity contribution in [3.63, 3.8) is 0 Å². The van der Waals surface area contributed by atoms with Crippen LogP contribution in [0.25, 0.3) is 6.08 Å². The number of sulfonamides is 1. The van der Waals surface area contributed by atoms with Gasteiger partial charge in [-0.25, -0.2) is 14.0 Å². The van der Waals surface area contributed by atoms with Crippen molar-refractivity contribution in [3.05, 3.63) is 104 Å². The SMILES string of the molecule is O=S(=O)(C=Cc1cccc(Br)c1)Nc1cccc(C2=NNN(Cc3cccc(Cl)c3)N2)c1. The number of amidine groups is 1. The van der Waals surface area contributed by atoms with Gasteiger partial charge in [0.1, 0.15) is 0 Å². The predicted molar refractivity (Wildman–Crippen MR) is 132 cm³/mol. The molecule has 3 aromatic carbocycles. The largest absolute Gasteiger partial charge is 0.282 e. The van der Waals surface area contributed by atoms with E-state index < -0.39 is 10.0 Å². The molecular formula is C22H19BrClN5O2S. The van der Waals surface area contributed by atoms with Gasteiger partial charge in [0.25, 0.3) is 10.0 Å². The zero-order valence-corrected chi connectivity index (χ0v) is 19.8. The minimum Gasteiger partial charge on any atom is -0.282 e. The van der Waals surface area contributed by atoms with Crippen molar-refractivity contribution in [3.8, 4) is 0 Å². The molecule has 0 fully saturated rings.